The van der Waals surface area contributed by atoms with E-state index in [4.69, 9.17) is 25.9 Å². The summed E-state index contributed by atoms with van der Waals surface area (Å²) in [5.41, 5.74) is 2.28. The van der Waals surface area contributed by atoms with Crippen molar-refractivity contribution in [1.82, 2.24) is 0 Å². The van der Waals surface area contributed by atoms with Crippen molar-refractivity contribution in [2.24, 2.45) is 5.73 Å². The number of hydrogen-bond acceptors (Lipinski definition) is 12. The van der Waals surface area contributed by atoms with E-state index in [2.05, 4.69) is 13.9 Å². The van der Waals surface area contributed by atoms with E-state index in [9.17, 15) is 29.2 Å². The van der Waals surface area contributed by atoms with Gasteiger partial charge in [0, 0.05) is 6.07 Å². The number of carboxylic acid groups (broad SMARTS) is 2. The van der Waals surface area contributed by atoms with E-state index < -0.39 is 69.5 Å². The Bertz CT molecular complexity index is 867. The first kappa shape index (κ1) is 24.8. The average molecular weight is 467 g/mol. The number of rotatable bonds is 10. The molecular formula is C15H20N2O13P+. The largest absolute Gasteiger partial charge is 0.481 e. The monoisotopic (exact) mass is 467 g/mol. The Morgan fingerprint density at radius 2 is 1.94 bits per heavy atom. The topological polar surface area (TPSA) is 236 Å². The lowest BCUT2D eigenvalue weighted by molar-refractivity contribution is -0.765. The summed E-state index contributed by atoms with van der Waals surface area (Å²) < 4.78 is 30.3. The summed E-state index contributed by atoms with van der Waals surface area (Å²) in [6.45, 7) is -0.501. The van der Waals surface area contributed by atoms with E-state index >= 15 is 0 Å². The molecular weight excluding hydrogens is 447 g/mol. The number of ether oxygens (including phenoxy) is 2. The Morgan fingerprint density at radius 3 is 2.52 bits per heavy atom. The van der Waals surface area contributed by atoms with Crippen LogP contribution < -0.4 is 10.3 Å². The van der Waals surface area contributed by atoms with Crippen molar-refractivity contribution in [3.63, 3.8) is 0 Å². The first-order valence-corrected chi connectivity index (χ1v) is 9.69. The number of aliphatic hydroxyl groups excluding tert-OH is 2. The van der Waals surface area contributed by atoms with E-state index in [0.717, 1.165) is 10.8 Å². The Hall–Kier alpha value is -2.49. The normalized spacial score (nSPS) is 26.1. The summed E-state index contributed by atoms with van der Waals surface area (Å²) in [5.74, 6) is -4.76. The molecule has 0 aromatic carbocycles. The van der Waals surface area contributed by atoms with Gasteiger partial charge in [0.2, 0.25) is 0 Å². The second-order valence-electron chi connectivity index (χ2n) is 6.39. The number of aliphatic carboxylic acids is 2. The molecule has 6 atom stereocenters. The van der Waals surface area contributed by atoms with Crippen molar-refractivity contribution in [1.29, 1.82) is 0 Å². The van der Waals surface area contributed by atoms with Gasteiger partial charge in [0.05, 0.1) is 6.61 Å². The predicted octanol–water partition coefficient (Wildman–Crippen LogP) is -2.14. The first-order valence-electron chi connectivity index (χ1n) is 8.46. The summed E-state index contributed by atoms with van der Waals surface area (Å²) in [6, 6.07) is 2.50. The third kappa shape index (κ3) is 6.03. The zero-order valence-corrected chi connectivity index (χ0v) is 16.6. The molecule has 1 aliphatic heterocycles. The maximum absolute atomic E-state index is 12.3. The molecule has 0 saturated carbocycles. The zero-order valence-electron chi connectivity index (χ0n) is 15.6. The van der Waals surface area contributed by atoms with Crippen LogP contribution in [0.15, 0.2) is 24.5 Å². The van der Waals surface area contributed by atoms with E-state index in [0.29, 0.717) is 0 Å². The molecule has 31 heavy (non-hydrogen) atoms. The van der Waals surface area contributed by atoms with Crippen LogP contribution in [0.2, 0.25) is 0 Å². The third-order valence-corrected chi connectivity index (χ3v) is 4.73. The van der Waals surface area contributed by atoms with Gasteiger partial charge in [-0.3, -0.25) is 15.1 Å². The van der Waals surface area contributed by atoms with Crippen LogP contribution in [0.1, 0.15) is 23.0 Å². The molecule has 1 saturated heterocycles. The first-order chi connectivity index (χ1) is 14.5. The van der Waals surface area contributed by atoms with Gasteiger partial charge in [-0.25, -0.2) is 14.8 Å². The Balaban J connectivity index is 2.17. The van der Waals surface area contributed by atoms with Crippen molar-refractivity contribution < 1.29 is 67.9 Å². The van der Waals surface area contributed by atoms with Gasteiger partial charge in [-0.15, -0.1) is 0 Å². The van der Waals surface area contributed by atoms with Crippen LogP contribution >= 0.6 is 8.25 Å². The molecule has 0 radical (unpaired) electrons. The summed E-state index contributed by atoms with van der Waals surface area (Å²) in [7, 11) is -3.22. The van der Waals surface area contributed by atoms with Crippen LogP contribution in [0.4, 0.5) is 0 Å². The maximum atomic E-state index is 12.3. The minimum Gasteiger partial charge on any atom is -0.481 e. The van der Waals surface area contributed by atoms with E-state index in [-0.39, 0.29) is 5.56 Å². The second kappa shape index (κ2) is 10.2. The number of esters is 1. The van der Waals surface area contributed by atoms with Crippen LogP contribution in [0.5, 0.6) is 0 Å². The zero-order chi connectivity index (χ0) is 23.3. The molecule has 0 aliphatic carbocycles. The molecule has 15 nitrogen and oxygen atoms in total. The van der Waals surface area contributed by atoms with E-state index in [1.807, 2.05) is 0 Å². The second-order valence-corrected chi connectivity index (χ2v) is 7.36. The fourth-order valence-corrected chi connectivity index (χ4v) is 3.02. The summed E-state index contributed by atoms with van der Waals surface area (Å²) >= 11 is 0. The average Bonchev–Trinajstić information content (AvgIpc) is 2.99. The van der Waals surface area contributed by atoms with Crippen molar-refractivity contribution in [3.05, 3.63) is 30.1 Å². The number of nitrogens with two attached hydrogens (primary N) is 1. The number of carbonyl (C=O) groups excluding carboxylic acids is 1. The maximum Gasteiger partial charge on any atom is 0.364 e. The Kier molecular flexibility index (Phi) is 8.16. The molecule has 0 amide bonds. The number of aromatic nitrogens is 1. The molecule has 1 fully saturated rings. The van der Waals surface area contributed by atoms with Gasteiger partial charge in [-0.2, -0.15) is 9.24 Å². The smallest absolute Gasteiger partial charge is 0.364 e. The highest BCUT2D eigenvalue weighted by molar-refractivity contribution is 7.33. The molecule has 2 rings (SSSR count). The fraction of sp³-hybridized carbons (Fsp3) is 0.467. The highest BCUT2D eigenvalue weighted by Crippen LogP contribution is 2.29. The Morgan fingerprint density at radius 1 is 1.26 bits per heavy atom. The number of pyridine rings is 1. The molecule has 0 bridgehead atoms. The third-order valence-electron chi connectivity index (χ3n) is 4.18. The predicted molar refractivity (Wildman–Crippen MR) is 93.5 cm³/mol. The Labute approximate surface area is 174 Å². The van der Waals surface area contributed by atoms with Crippen LogP contribution in [0.3, 0.4) is 0 Å². The molecule has 2 heterocycles. The SMILES string of the molecule is N[C@@](CC(=O)O)(OC(=O)c1ccc[n+]([C@@H]2O[C@H](CO[PH](=O)OO)[C@@H](O)[C@H]2O)c1)C(=O)O. The quantitative estimate of drug-likeness (QED) is 0.0538. The molecule has 1 unspecified atom stereocenters. The lowest BCUT2D eigenvalue weighted by Gasteiger charge is -2.22. The fourth-order valence-electron chi connectivity index (χ4n) is 2.67. The highest BCUT2D eigenvalue weighted by atomic mass is 31.1. The molecule has 1 aliphatic rings. The van der Waals surface area contributed by atoms with Crippen molar-refractivity contribution in [3.8, 4) is 0 Å². The van der Waals surface area contributed by atoms with Crippen molar-refractivity contribution >= 4 is 26.2 Å². The van der Waals surface area contributed by atoms with Gasteiger partial charge in [0.15, 0.2) is 18.5 Å². The van der Waals surface area contributed by atoms with Gasteiger partial charge in [-0.1, -0.05) is 0 Å². The molecule has 7 N–H and O–H groups in total. The number of aliphatic hydroxyl groups is 2. The molecule has 16 heteroatoms. The summed E-state index contributed by atoms with van der Waals surface area (Å²) in [5, 5.41) is 46.4. The van der Waals surface area contributed by atoms with Crippen molar-refractivity contribution in [2.75, 3.05) is 6.61 Å². The lowest BCUT2D eigenvalue weighted by Crippen LogP contribution is -2.53. The van der Waals surface area contributed by atoms with Gasteiger partial charge >= 0.3 is 26.2 Å². The minimum atomic E-state index is -3.22. The number of hydrogen-bond donors (Lipinski definition) is 6. The van der Waals surface area contributed by atoms with Gasteiger partial charge < -0.3 is 34.4 Å². The van der Waals surface area contributed by atoms with Gasteiger partial charge in [-0.05, 0) is 6.07 Å². The standard InChI is InChI=1S/C15H19N2O13P/c16-15(14(23)24,4-9(18)19)29-13(22)7-2-1-3-17(5-7)12-11(21)10(20)8(28-12)6-27-31(26)30-25/h1-3,5,8,10-12,20-21,31H,4,6,16H2,(H2-,18,19,23,24,25)/p+1/t8-,10-,11-,12-,15+/m1/s1. The summed E-state index contributed by atoms with van der Waals surface area (Å²) in [6.07, 6.45) is -4.23. The van der Waals surface area contributed by atoms with Gasteiger partial charge in [0.1, 0.15) is 24.2 Å². The molecule has 1 aromatic heterocycles. The van der Waals surface area contributed by atoms with Crippen LogP contribution in [-0.2, 0) is 32.8 Å². The number of carbonyl (C=O) groups is 3. The summed E-state index contributed by atoms with van der Waals surface area (Å²) in [4.78, 5) is 34.4. The van der Waals surface area contributed by atoms with Crippen LogP contribution in [0.25, 0.3) is 0 Å². The highest BCUT2D eigenvalue weighted by Gasteiger charge is 2.49. The molecule has 172 valence electrons. The van der Waals surface area contributed by atoms with Gasteiger partial charge in [0.25, 0.3) is 12.0 Å². The van der Waals surface area contributed by atoms with Crippen LogP contribution in [0, 0.1) is 0 Å². The van der Waals surface area contributed by atoms with E-state index in [1.54, 1.807) is 0 Å². The molecule has 1 aromatic rings. The number of carboxylic acids is 2. The molecule has 0 spiro atoms. The van der Waals surface area contributed by atoms with Crippen LogP contribution in [-0.4, -0.2) is 74.2 Å². The van der Waals surface area contributed by atoms with Crippen molar-refractivity contribution in [2.45, 2.75) is 36.7 Å². The van der Waals surface area contributed by atoms with E-state index in [1.165, 1.54) is 18.3 Å². The lowest BCUT2D eigenvalue weighted by atomic mass is 10.1. The number of nitrogens with zero attached hydrogens (tertiary/aromatic N) is 1. The minimum absolute atomic E-state index is 0.271.